The first kappa shape index (κ1) is 20.4. The SMILES string of the molecule is C=C(CS/C(=C\CC)c1cc(C(F)(F)F)n(C)n1)NCC1=CCCC=C1. The molecule has 0 saturated heterocycles. The van der Waals surface area contributed by atoms with Gasteiger partial charge in [0, 0.05) is 29.9 Å². The Morgan fingerprint density at radius 3 is 2.77 bits per heavy atom. The van der Waals surface area contributed by atoms with Gasteiger partial charge in [0.15, 0.2) is 0 Å². The van der Waals surface area contributed by atoms with Crippen LogP contribution in [-0.2, 0) is 13.2 Å². The molecule has 142 valence electrons. The van der Waals surface area contributed by atoms with Gasteiger partial charge in [0.1, 0.15) is 5.69 Å². The summed E-state index contributed by atoms with van der Waals surface area (Å²) < 4.78 is 39.8. The van der Waals surface area contributed by atoms with Gasteiger partial charge in [-0.2, -0.15) is 18.3 Å². The maximum absolute atomic E-state index is 13.0. The van der Waals surface area contributed by atoms with Crippen molar-refractivity contribution in [2.24, 2.45) is 7.05 Å². The molecule has 3 nitrogen and oxygen atoms in total. The average Bonchev–Trinajstić information content (AvgIpc) is 2.99. The normalized spacial score (nSPS) is 15.1. The summed E-state index contributed by atoms with van der Waals surface area (Å²) in [6.45, 7) is 6.67. The van der Waals surface area contributed by atoms with Crippen LogP contribution < -0.4 is 5.32 Å². The fraction of sp³-hybridized carbons (Fsp3) is 0.421. The number of thioether (sulfide) groups is 1. The van der Waals surface area contributed by atoms with Crippen LogP contribution in [0, 0.1) is 0 Å². The predicted molar refractivity (Wildman–Crippen MR) is 103 cm³/mol. The van der Waals surface area contributed by atoms with Gasteiger partial charge in [-0.25, -0.2) is 0 Å². The van der Waals surface area contributed by atoms with Crippen LogP contribution in [0.5, 0.6) is 0 Å². The molecule has 0 aromatic carbocycles. The highest BCUT2D eigenvalue weighted by molar-refractivity contribution is 8.08. The molecule has 1 heterocycles. The summed E-state index contributed by atoms with van der Waals surface area (Å²) in [4.78, 5) is 0.735. The molecule has 1 aromatic rings. The van der Waals surface area contributed by atoms with E-state index in [2.05, 4.69) is 35.2 Å². The average molecular weight is 383 g/mol. The molecule has 1 N–H and O–H groups in total. The number of nitrogens with one attached hydrogen (secondary N) is 1. The molecule has 2 rings (SSSR count). The Labute approximate surface area is 156 Å². The third kappa shape index (κ3) is 5.83. The highest BCUT2D eigenvalue weighted by Crippen LogP contribution is 2.34. The molecule has 0 spiro atoms. The van der Waals surface area contributed by atoms with Crippen LogP contribution >= 0.6 is 11.8 Å². The van der Waals surface area contributed by atoms with E-state index in [1.807, 2.05) is 13.0 Å². The van der Waals surface area contributed by atoms with E-state index in [9.17, 15) is 13.2 Å². The van der Waals surface area contributed by atoms with Gasteiger partial charge in [-0.1, -0.05) is 37.8 Å². The van der Waals surface area contributed by atoms with E-state index in [4.69, 9.17) is 0 Å². The van der Waals surface area contributed by atoms with Crippen LogP contribution in [0.2, 0.25) is 0 Å². The lowest BCUT2D eigenvalue weighted by Gasteiger charge is -2.12. The Balaban J connectivity index is 1.96. The number of allylic oxidation sites excluding steroid dienone is 3. The second-order valence-electron chi connectivity index (χ2n) is 6.02. The summed E-state index contributed by atoms with van der Waals surface area (Å²) in [5.74, 6) is 0.570. The Kier molecular flexibility index (Phi) is 7.20. The molecule has 26 heavy (non-hydrogen) atoms. The zero-order valence-electron chi connectivity index (χ0n) is 15.1. The predicted octanol–water partition coefficient (Wildman–Crippen LogP) is 5.30. The van der Waals surface area contributed by atoms with E-state index in [1.54, 1.807) is 0 Å². The molecule has 7 heteroatoms. The van der Waals surface area contributed by atoms with Gasteiger partial charge in [-0.15, -0.1) is 11.8 Å². The molecule has 1 aliphatic rings. The molecule has 0 atom stereocenters. The molecule has 0 aliphatic heterocycles. The quantitative estimate of drug-likeness (QED) is 0.660. The van der Waals surface area contributed by atoms with Gasteiger partial charge in [0.05, 0.1) is 5.69 Å². The van der Waals surface area contributed by atoms with E-state index in [0.29, 0.717) is 18.0 Å². The molecule has 0 bridgehead atoms. The first-order valence-corrected chi connectivity index (χ1v) is 9.51. The molecule has 0 unspecified atom stereocenters. The summed E-state index contributed by atoms with van der Waals surface area (Å²) in [5.41, 5.74) is 1.66. The van der Waals surface area contributed by atoms with Gasteiger partial charge in [0.25, 0.3) is 0 Å². The number of halogens is 3. The highest BCUT2D eigenvalue weighted by Gasteiger charge is 2.35. The number of hydrogen-bond donors (Lipinski definition) is 1. The Morgan fingerprint density at radius 1 is 1.42 bits per heavy atom. The number of aryl methyl sites for hydroxylation is 1. The summed E-state index contributed by atoms with van der Waals surface area (Å²) in [6, 6.07) is 1.10. The maximum Gasteiger partial charge on any atom is 0.433 e. The van der Waals surface area contributed by atoms with Gasteiger partial charge in [0.2, 0.25) is 0 Å². The lowest BCUT2D eigenvalue weighted by atomic mass is 10.1. The Hall–Kier alpha value is -1.89. The Bertz CT molecular complexity index is 727. The number of alkyl halides is 3. The summed E-state index contributed by atoms with van der Waals surface area (Å²) >= 11 is 1.45. The van der Waals surface area contributed by atoms with Crippen LogP contribution in [-0.4, -0.2) is 22.1 Å². The number of nitrogens with zero attached hydrogens (tertiary/aromatic N) is 2. The van der Waals surface area contributed by atoms with Crippen LogP contribution in [0.4, 0.5) is 13.2 Å². The zero-order chi connectivity index (χ0) is 19.2. The second-order valence-corrected chi connectivity index (χ2v) is 7.03. The maximum atomic E-state index is 13.0. The van der Waals surface area contributed by atoms with Crippen molar-refractivity contribution in [1.82, 2.24) is 15.1 Å². The van der Waals surface area contributed by atoms with E-state index < -0.39 is 11.9 Å². The van der Waals surface area contributed by atoms with Crippen LogP contribution in [0.3, 0.4) is 0 Å². The number of rotatable bonds is 8. The molecule has 0 saturated carbocycles. The second kappa shape index (κ2) is 9.16. The molecule has 0 amide bonds. The minimum Gasteiger partial charge on any atom is -0.384 e. The van der Waals surface area contributed by atoms with E-state index in [-0.39, 0.29) is 0 Å². The summed E-state index contributed by atoms with van der Waals surface area (Å²) in [6.07, 6.45) is 6.79. The van der Waals surface area contributed by atoms with Gasteiger partial charge in [-0.05, 0) is 30.9 Å². The minimum absolute atomic E-state index is 0.345. The lowest BCUT2D eigenvalue weighted by molar-refractivity contribution is -0.143. The van der Waals surface area contributed by atoms with Crippen molar-refractivity contribution in [3.05, 3.63) is 59.6 Å². The molecule has 0 radical (unpaired) electrons. The summed E-state index contributed by atoms with van der Waals surface area (Å²) in [5, 5.41) is 7.31. The van der Waals surface area contributed by atoms with E-state index in [0.717, 1.165) is 40.6 Å². The standard InChI is InChI=1S/C19H24F3N3S/c1-4-8-17(16-11-18(19(20,21)22)25(3)24-16)26-13-14(2)23-12-15-9-6-5-7-10-15/h6,8-11,23H,2,4-5,7,12-13H2,1,3H3/b17-8-. The van der Waals surface area contributed by atoms with Gasteiger partial charge < -0.3 is 5.32 Å². The monoisotopic (exact) mass is 383 g/mol. The van der Waals surface area contributed by atoms with Crippen molar-refractivity contribution < 1.29 is 13.2 Å². The van der Waals surface area contributed by atoms with Gasteiger partial charge >= 0.3 is 6.18 Å². The van der Waals surface area contributed by atoms with E-state index >= 15 is 0 Å². The van der Waals surface area contributed by atoms with Crippen LogP contribution in [0.15, 0.2) is 48.2 Å². The fourth-order valence-electron chi connectivity index (χ4n) is 2.52. The van der Waals surface area contributed by atoms with Crippen molar-refractivity contribution in [2.75, 3.05) is 12.3 Å². The van der Waals surface area contributed by atoms with Crippen molar-refractivity contribution in [2.45, 2.75) is 32.4 Å². The first-order chi connectivity index (χ1) is 12.3. The largest absolute Gasteiger partial charge is 0.433 e. The van der Waals surface area contributed by atoms with Crippen LogP contribution in [0.25, 0.3) is 4.91 Å². The lowest BCUT2D eigenvalue weighted by Crippen LogP contribution is -2.17. The van der Waals surface area contributed by atoms with Gasteiger partial charge in [-0.3, -0.25) is 4.68 Å². The van der Waals surface area contributed by atoms with Crippen molar-refractivity contribution in [3.8, 4) is 0 Å². The molecule has 1 aromatic heterocycles. The van der Waals surface area contributed by atoms with Crippen molar-refractivity contribution >= 4 is 16.7 Å². The Morgan fingerprint density at radius 2 is 2.19 bits per heavy atom. The third-order valence-electron chi connectivity index (χ3n) is 3.83. The fourth-order valence-corrected chi connectivity index (χ4v) is 3.48. The highest BCUT2D eigenvalue weighted by atomic mass is 32.2. The molecule has 0 fully saturated rings. The third-order valence-corrected chi connectivity index (χ3v) is 5.01. The molecule has 1 aliphatic carbocycles. The molecular formula is C19H24F3N3S. The number of aromatic nitrogens is 2. The topological polar surface area (TPSA) is 29.9 Å². The van der Waals surface area contributed by atoms with Crippen molar-refractivity contribution in [1.29, 1.82) is 0 Å². The van der Waals surface area contributed by atoms with Crippen molar-refractivity contribution in [3.63, 3.8) is 0 Å². The number of hydrogen-bond acceptors (Lipinski definition) is 3. The van der Waals surface area contributed by atoms with Crippen LogP contribution in [0.1, 0.15) is 37.6 Å². The van der Waals surface area contributed by atoms with E-state index in [1.165, 1.54) is 24.4 Å². The molecular weight excluding hydrogens is 359 g/mol. The first-order valence-electron chi connectivity index (χ1n) is 8.53. The zero-order valence-corrected chi connectivity index (χ0v) is 15.9. The summed E-state index contributed by atoms with van der Waals surface area (Å²) in [7, 11) is 1.31. The smallest absolute Gasteiger partial charge is 0.384 e. The minimum atomic E-state index is -4.41.